The van der Waals surface area contributed by atoms with Crippen molar-refractivity contribution < 1.29 is 19.0 Å². The molecule has 0 aromatic rings. The lowest BCUT2D eigenvalue weighted by Crippen LogP contribution is -2.03. The first kappa shape index (κ1) is 34.4. The number of cyclic esters (lactones) is 1. The standard InChI is InChI=1S/C37H64O4/c1-3-4-5-6-7-8-9-10-14-17-20-23-26-33-35(40-33)28-29-36-34(41-36)27-24-21-18-15-12-11-13-16-19-22-25-32-30-31(2)39-37(32)38/h20,23,30-31,33-36H,3-19,21-22,24-29H2,1-2H3/b23-20-/t31-,33-,34?,35?,36?/m0/s1. The van der Waals surface area contributed by atoms with Crippen LogP contribution < -0.4 is 0 Å². The quantitative estimate of drug-likeness (QED) is 0.0405. The molecule has 0 radical (unpaired) electrons. The lowest BCUT2D eigenvalue weighted by molar-refractivity contribution is -0.139. The number of carbonyl (C=O) groups is 1. The minimum atomic E-state index is -0.0967. The molecule has 0 spiro atoms. The first-order chi connectivity index (χ1) is 20.2. The van der Waals surface area contributed by atoms with E-state index in [4.69, 9.17) is 14.2 Å². The van der Waals surface area contributed by atoms with Gasteiger partial charge < -0.3 is 14.2 Å². The topological polar surface area (TPSA) is 51.4 Å². The number of hydrogen-bond acceptors (Lipinski definition) is 4. The number of esters is 1. The minimum absolute atomic E-state index is 0.0251. The van der Waals surface area contributed by atoms with E-state index in [9.17, 15) is 4.79 Å². The molecular formula is C37H64O4. The Hall–Kier alpha value is -1.13. The molecule has 0 aromatic carbocycles. The zero-order chi connectivity index (χ0) is 29.0. The summed E-state index contributed by atoms with van der Waals surface area (Å²) in [5, 5.41) is 0. The number of carbonyl (C=O) groups excluding carboxylic acids is 1. The summed E-state index contributed by atoms with van der Waals surface area (Å²) < 4.78 is 17.0. The van der Waals surface area contributed by atoms with E-state index in [1.165, 1.54) is 141 Å². The molecule has 2 saturated heterocycles. The lowest BCUT2D eigenvalue weighted by atomic mass is 10.0. The Kier molecular flexibility index (Phi) is 18.1. The average Bonchev–Trinajstić information content (AvgIpc) is 3.87. The maximum atomic E-state index is 11.6. The molecule has 4 heteroatoms. The first-order valence-corrected chi connectivity index (χ1v) is 18.0. The van der Waals surface area contributed by atoms with Gasteiger partial charge in [-0.2, -0.15) is 0 Å². The van der Waals surface area contributed by atoms with Crippen LogP contribution in [0.2, 0.25) is 0 Å². The van der Waals surface area contributed by atoms with Gasteiger partial charge in [0.1, 0.15) is 6.10 Å². The smallest absolute Gasteiger partial charge is 0.334 e. The van der Waals surface area contributed by atoms with Gasteiger partial charge in [0.2, 0.25) is 0 Å². The Morgan fingerprint density at radius 1 is 0.610 bits per heavy atom. The highest BCUT2D eigenvalue weighted by molar-refractivity contribution is 5.90. The van der Waals surface area contributed by atoms with Gasteiger partial charge in [0.15, 0.2) is 0 Å². The molecule has 2 fully saturated rings. The van der Waals surface area contributed by atoms with E-state index >= 15 is 0 Å². The molecule has 0 bridgehead atoms. The number of allylic oxidation sites excluding steroid dienone is 1. The molecule has 3 aliphatic heterocycles. The van der Waals surface area contributed by atoms with Crippen molar-refractivity contribution in [1.29, 1.82) is 0 Å². The van der Waals surface area contributed by atoms with Crippen molar-refractivity contribution in [1.82, 2.24) is 0 Å². The molecule has 0 N–H and O–H groups in total. The molecule has 0 saturated carbocycles. The largest absolute Gasteiger partial charge is 0.455 e. The van der Waals surface area contributed by atoms with Gasteiger partial charge in [-0.25, -0.2) is 4.79 Å². The summed E-state index contributed by atoms with van der Waals surface area (Å²) in [5.41, 5.74) is 0.892. The van der Waals surface area contributed by atoms with Gasteiger partial charge in [0.25, 0.3) is 0 Å². The van der Waals surface area contributed by atoms with Crippen LogP contribution in [0.5, 0.6) is 0 Å². The molecule has 3 unspecified atom stereocenters. The number of unbranched alkanes of at least 4 members (excludes halogenated alkanes) is 18. The Balaban J connectivity index is 0.995. The molecule has 41 heavy (non-hydrogen) atoms. The molecule has 0 amide bonds. The highest BCUT2D eigenvalue weighted by Gasteiger charge is 2.42. The highest BCUT2D eigenvalue weighted by Crippen LogP contribution is 2.36. The van der Waals surface area contributed by atoms with Gasteiger partial charge in [0.05, 0.1) is 24.4 Å². The summed E-state index contributed by atoms with van der Waals surface area (Å²) in [6, 6.07) is 0. The van der Waals surface area contributed by atoms with E-state index in [0.29, 0.717) is 24.4 Å². The molecule has 0 aliphatic carbocycles. The van der Waals surface area contributed by atoms with E-state index in [0.717, 1.165) is 24.8 Å². The Morgan fingerprint density at radius 2 is 1.12 bits per heavy atom. The second-order valence-electron chi connectivity index (χ2n) is 13.2. The number of epoxide rings is 2. The van der Waals surface area contributed by atoms with Crippen LogP contribution >= 0.6 is 0 Å². The van der Waals surface area contributed by atoms with Crippen LogP contribution in [-0.2, 0) is 19.0 Å². The van der Waals surface area contributed by atoms with Gasteiger partial charge in [0, 0.05) is 5.57 Å². The van der Waals surface area contributed by atoms with E-state index in [1.807, 2.05) is 13.0 Å². The number of ether oxygens (including phenoxy) is 3. The van der Waals surface area contributed by atoms with Crippen LogP contribution in [0.1, 0.15) is 174 Å². The summed E-state index contributed by atoms with van der Waals surface area (Å²) in [7, 11) is 0. The van der Waals surface area contributed by atoms with Crippen LogP contribution in [0, 0.1) is 0 Å². The van der Waals surface area contributed by atoms with Crippen molar-refractivity contribution in [2.45, 2.75) is 205 Å². The zero-order valence-corrected chi connectivity index (χ0v) is 26.9. The van der Waals surface area contributed by atoms with E-state index in [1.54, 1.807) is 0 Å². The van der Waals surface area contributed by atoms with Crippen molar-refractivity contribution in [3.63, 3.8) is 0 Å². The Morgan fingerprint density at radius 3 is 1.73 bits per heavy atom. The maximum Gasteiger partial charge on any atom is 0.334 e. The van der Waals surface area contributed by atoms with Crippen molar-refractivity contribution in [3.8, 4) is 0 Å². The van der Waals surface area contributed by atoms with Gasteiger partial charge >= 0.3 is 5.97 Å². The van der Waals surface area contributed by atoms with Crippen molar-refractivity contribution >= 4 is 5.97 Å². The summed E-state index contributed by atoms with van der Waals surface area (Å²) >= 11 is 0. The van der Waals surface area contributed by atoms with E-state index < -0.39 is 0 Å². The minimum Gasteiger partial charge on any atom is -0.455 e. The van der Waals surface area contributed by atoms with Gasteiger partial charge in [-0.1, -0.05) is 128 Å². The molecule has 5 atom stereocenters. The van der Waals surface area contributed by atoms with Crippen LogP contribution in [0.4, 0.5) is 0 Å². The monoisotopic (exact) mass is 572 g/mol. The molecule has 236 valence electrons. The third-order valence-corrected chi connectivity index (χ3v) is 9.30. The lowest BCUT2D eigenvalue weighted by Gasteiger charge is -2.03. The van der Waals surface area contributed by atoms with Crippen LogP contribution in [0.15, 0.2) is 23.8 Å². The second-order valence-corrected chi connectivity index (χ2v) is 13.2. The molecule has 4 nitrogen and oxygen atoms in total. The van der Waals surface area contributed by atoms with Crippen molar-refractivity contribution in [2.24, 2.45) is 0 Å². The number of hydrogen-bond donors (Lipinski definition) is 0. The van der Waals surface area contributed by atoms with Gasteiger partial charge in [-0.15, -0.1) is 0 Å². The van der Waals surface area contributed by atoms with E-state index in [-0.39, 0.29) is 12.1 Å². The third kappa shape index (κ3) is 16.3. The summed E-state index contributed by atoms with van der Waals surface area (Å²) in [5.74, 6) is -0.0967. The van der Waals surface area contributed by atoms with Crippen LogP contribution in [0.25, 0.3) is 0 Å². The van der Waals surface area contributed by atoms with Crippen molar-refractivity contribution in [2.75, 3.05) is 0 Å². The molecule has 0 aromatic heterocycles. The SMILES string of the molecule is CCCCCCCCCCC/C=C\C[C@@H]1OC1CCC1OC1CCCCCCCCCCCCC1=C[C@H](C)OC1=O. The predicted molar refractivity (Wildman–Crippen MR) is 171 cm³/mol. The number of rotatable bonds is 28. The average molecular weight is 573 g/mol. The molecule has 3 heterocycles. The highest BCUT2D eigenvalue weighted by atomic mass is 16.6. The predicted octanol–water partition coefficient (Wildman–Crippen LogP) is 10.7. The first-order valence-electron chi connectivity index (χ1n) is 18.0. The fourth-order valence-corrected chi connectivity index (χ4v) is 6.47. The molecule has 3 aliphatic rings. The van der Waals surface area contributed by atoms with Gasteiger partial charge in [-0.05, 0) is 64.4 Å². The normalized spacial score (nSPS) is 25.2. The zero-order valence-electron chi connectivity index (χ0n) is 26.9. The summed E-state index contributed by atoms with van der Waals surface area (Å²) in [6.45, 7) is 4.22. The van der Waals surface area contributed by atoms with Crippen LogP contribution in [0.3, 0.4) is 0 Å². The fourth-order valence-electron chi connectivity index (χ4n) is 6.47. The molecular weight excluding hydrogens is 508 g/mol. The van der Waals surface area contributed by atoms with E-state index in [2.05, 4.69) is 19.1 Å². The van der Waals surface area contributed by atoms with Crippen molar-refractivity contribution in [3.05, 3.63) is 23.8 Å². The Bertz CT molecular complexity index is 743. The van der Waals surface area contributed by atoms with Crippen LogP contribution in [-0.4, -0.2) is 36.5 Å². The Labute approximate surface area is 253 Å². The maximum absolute atomic E-state index is 11.6. The second kappa shape index (κ2) is 21.5. The summed E-state index contributed by atoms with van der Waals surface area (Å²) in [4.78, 5) is 11.6. The van der Waals surface area contributed by atoms with Gasteiger partial charge in [-0.3, -0.25) is 0 Å². The third-order valence-electron chi connectivity index (χ3n) is 9.30. The fraction of sp³-hybridized carbons (Fsp3) is 0.865. The molecule has 3 rings (SSSR count). The summed E-state index contributed by atoms with van der Waals surface area (Å²) in [6.07, 6.45) is 41.4.